The smallest absolute Gasteiger partial charge is 0.156 e. The van der Waals surface area contributed by atoms with Gasteiger partial charge in [-0.1, -0.05) is 0 Å². The largest absolute Gasteiger partial charge is 0.316 e. The molecule has 15 heavy (non-hydrogen) atoms. The van der Waals surface area contributed by atoms with Crippen LogP contribution in [0.4, 0.5) is 0 Å². The molecule has 0 aliphatic carbocycles. The molecule has 0 saturated carbocycles. The monoisotopic (exact) mass is 255 g/mol. The molecule has 0 fully saturated rings. The van der Waals surface area contributed by atoms with Crippen LogP contribution in [0.25, 0.3) is 0 Å². The zero-order valence-corrected chi connectivity index (χ0v) is 11.4. The highest BCUT2D eigenvalue weighted by molar-refractivity contribution is 7.92. The van der Waals surface area contributed by atoms with Gasteiger partial charge in [-0.3, -0.25) is 0 Å². The average molecular weight is 256 g/mol. The van der Waals surface area contributed by atoms with Crippen molar-refractivity contribution in [2.45, 2.75) is 38.4 Å². The van der Waals surface area contributed by atoms with Crippen LogP contribution < -0.4 is 5.32 Å². The van der Waals surface area contributed by atoms with E-state index in [-0.39, 0.29) is 5.75 Å². The lowest BCUT2D eigenvalue weighted by atomic mass is 10.3. The summed E-state index contributed by atoms with van der Waals surface area (Å²) in [6.07, 6.45) is 1.97. The topological polar surface area (TPSA) is 46.2 Å². The highest BCUT2D eigenvalue weighted by Crippen LogP contribution is 2.15. The Bertz CT molecular complexity index is 257. The Labute approximate surface area is 98.5 Å². The van der Waals surface area contributed by atoms with Crippen molar-refractivity contribution in [1.82, 2.24) is 5.32 Å². The minimum Gasteiger partial charge on any atom is -0.316 e. The lowest BCUT2D eigenvalue weighted by Gasteiger charge is -2.19. The van der Waals surface area contributed by atoms with Gasteiger partial charge in [-0.25, -0.2) is 8.42 Å². The van der Waals surface area contributed by atoms with Gasteiger partial charge in [0.05, 0.1) is 10.5 Å². The Balaban J connectivity index is 3.69. The maximum Gasteiger partial charge on any atom is 0.156 e. The first-order valence-electron chi connectivity index (χ1n) is 5.30. The Morgan fingerprint density at radius 1 is 1.13 bits per heavy atom. The highest BCUT2D eigenvalue weighted by Gasteiger charge is 2.27. The SMILES string of the molecule is CC(C)(C)S(=O)(=O)CCNCCCCCl. The molecule has 0 atom stereocenters. The van der Waals surface area contributed by atoms with E-state index in [0.29, 0.717) is 12.4 Å². The molecule has 0 rings (SSSR count). The molecule has 0 aliphatic rings. The van der Waals surface area contributed by atoms with Gasteiger partial charge in [-0.2, -0.15) is 0 Å². The van der Waals surface area contributed by atoms with E-state index in [1.807, 2.05) is 0 Å². The fourth-order valence-electron chi connectivity index (χ4n) is 0.982. The summed E-state index contributed by atoms with van der Waals surface area (Å²) < 4.78 is 22.7. The van der Waals surface area contributed by atoms with E-state index in [1.54, 1.807) is 20.8 Å². The third-order valence-corrected chi connectivity index (χ3v) is 5.09. The molecule has 0 aromatic heterocycles. The zero-order valence-electron chi connectivity index (χ0n) is 9.85. The van der Waals surface area contributed by atoms with Crippen molar-refractivity contribution in [2.75, 3.05) is 24.7 Å². The molecule has 0 heterocycles. The van der Waals surface area contributed by atoms with Gasteiger partial charge in [0.15, 0.2) is 9.84 Å². The molecule has 0 radical (unpaired) electrons. The number of sulfone groups is 1. The van der Waals surface area contributed by atoms with Gasteiger partial charge < -0.3 is 5.32 Å². The molecule has 0 unspecified atom stereocenters. The van der Waals surface area contributed by atoms with E-state index >= 15 is 0 Å². The summed E-state index contributed by atoms with van der Waals surface area (Å²) in [5.74, 6) is 0.874. The minimum absolute atomic E-state index is 0.206. The maximum atomic E-state index is 11.7. The number of alkyl halides is 1. The second kappa shape index (κ2) is 6.71. The highest BCUT2D eigenvalue weighted by atomic mass is 35.5. The number of rotatable bonds is 7. The summed E-state index contributed by atoms with van der Waals surface area (Å²) in [6.45, 7) is 6.57. The Morgan fingerprint density at radius 2 is 1.73 bits per heavy atom. The van der Waals surface area contributed by atoms with Crippen LogP contribution in [0.5, 0.6) is 0 Å². The summed E-state index contributed by atoms with van der Waals surface area (Å²) in [6, 6.07) is 0. The van der Waals surface area contributed by atoms with E-state index in [9.17, 15) is 8.42 Å². The molecule has 1 N–H and O–H groups in total. The van der Waals surface area contributed by atoms with Crippen LogP contribution in [0.2, 0.25) is 0 Å². The number of hydrogen-bond donors (Lipinski definition) is 1. The third-order valence-electron chi connectivity index (χ3n) is 2.22. The van der Waals surface area contributed by atoms with Gasteiger partial charge in [0.2, 0.25) is 0 Å². The maximum absolute atomic E-state index is 11.7. The van der Waals surface area contributed by atoms with Crippen molar-refractivity contribution in [3.63, 3.8) is 0 Å². The summed E-state index contributed by atoms with van der Waals surface area (Å²) in [4.78, 5) is 0. The van der Waals surface area contributed by atoms with Gasteiger partial charge >= 0.3 is 0 Å². The Kier molecular flexibility index (Phi) is 6.80. The van der Waals surface area contributed by atoms with Gasteiger partial charge in [0.25, 0.3) is 0 Å². The van der Waals surface area contributed by atoms with Gasteiger partial charge in [-0.15, -0.1) is 11.6 Å². The van der Waals surface area contributed by atoms with Crippen molar-refractivity contribution in [1.29, 1.82) is 0 Å². The molecule has 0 spiro atoms. The summed E-state index contributed by atoms with van der Waals surface area (Å²) >= 11 is 5.52. The molecule has 3 nitrogen and oxygen atoms in total. The van der Waals surface area contributed by atoms with Gasteiger partial charge in [0.1, 0.15) is 0 Å². The average Bonchev–Trinajstić information content (AvgIpc) is 2.09. The number of nitrogens with one attached hydrogen (secondary N) is 1. The summed E-state index contributed by atoms with van der Waals surface area (Å²) in [7, 11) is -2.98. The van der Waals surface area contributed by atoms with Gasteiger partial charge in [-0.05, 0) is 40.2 Å². The van der Waals surface area contributed by atoms with Crippen LogP contribution in [-0.2, 0) is 9.84 Å². The van der Waals surface area contributed by atoms with Crippen molar-refractivity contribution in [2.24, 2.45) is 0 Å². The van der Waals surface area contributed by atoms with Crippen molar-refractivity contribution >= 4 is 21.4 Å². The molecule has 92 valence electrons. The van der Waals surface area contributed by atoms with Gasteiger partial charge in [0, 0.05) is 12.4 Å². The summed E-state index contributed by atoms with van der Waals surface area (Å²) in [5, 5.41) is 3.11. The number of halogens is 1. The number of unbranched alkanes of at least 4 members (excludes halogenated alkanes) is 1. The lowest BCUT2D eigenvalue weighted by molar-refractivity contribution is 0.555. The van der Waals surface area contributed by atoms with Crippen molar-refractivity contribution < 1.29 is 8.42 Å². The Morgan fingerprint density at radius 3 is 2.20 bits per heavy atom. The van der Waals surface area contributed by atoms with Crippen molar-refractivity contribution in [3.05, 3.63) is 0 Å². The molecule has 0 aromatic rings. The first kappa shape index (κ1) is 15.2. The molecular weight excluding hydrogens is 234 g/mol. The third kappa shape index (κ3) is 6.38. The number of hydrogen-bond acceptors (Lipinski definition) is 3. The van der Waals surface area contributed by atoms with Crippen LogP contribution >= 0.6 is 11.6 Å². The van der Waals surface area contributed by atoms with Crippen LogP contribution in [0.1, 0.15) is 33.6 Å². The second-order valence-electron chi connectivity index (χ2n) is 4.58. The predicted octanol–water partition coefficient (Wildman–Crippen LogP) is 1.81. The fourth-order valence-corrected chi connectivity index (χ4v) is 2.20. The zero-order chi connectivity index (χ0) is 11.9. The molecule has 0 aliphatic heterocycles. The molecule has 0 aromatic carbocycles. The second-order valence-corrected chi connectivity index (χ2v) is 7.82. The van der Waals surface area contributed by atoms with E-state index < -0.39 is 14.6 Å². The fraction of sp³-hybridized carbons (Fsp3) is 1.00. The van der Waals surface area contributed by atoms with Crippen molar-refractivity contribution in [3.8, 4) is 0 Å². The van der Waals surface area contributed by atoms with Crippen LogP contribution in [0.3, 0.4) is 0 Å². The quantitative estimate of drug-likeness (QED) is 0.558. The normalized spacial score (nSPS) is 13.1. The van der Waals surface area contributed by atoms with E-state index in [4.69, 9.17) is 11.6 Å². The van der Waals surface area contributed by atoms with Crippen LogP contribution in [-0.4, -0.2) is 37.9 Å². The first-order chi connectivity index (χ1) is 6.81. The molecule has 0 saturated heterocycles. The minimum atomic E-state index is -2.98. The predicted molar refractivity (Wildman–Crippen MR) is 66.4 cm³/mol. The lowest BCUT2D eigenvalue weighted by Crippen LogP contribution is -2.34. The Hall–Kier alpha value is 0.200. The molecule has 0 bridgehead atoms. The molecular formula is C10H22ClNO2S. The molecule has 0 amide bonds. The van der Waals surface area contributed by atoms with E-state index in [0.717, 1.165) is 19.4 Å². The van der Waals surface area contributed by atoms with Crippen LogP contribution in [0, 0.1) is 0 Å². The first-order valence-corrected chi connectivity index (χ1v) is 7.49. The standard InChI is InChI=1S/C10H22ClNO2S/c1-10(2,3)15(13,14)9-8-12-7-5-4-6-11/h12H,4-9H2,1-3H3. The van der Waals surface area contributed by atoms with E-state index in [2.05, 4.69) is 5.32 Å². The summed E-state index contributed by atoms with van der Waals surface area (Å²) in [5.41, 5.74) is 0. The molecule has 5 heteroatoms. The van der Waals surface area contributed by atoms with Crippen LogP contribution in [0.15, 0.2) is 0 Å². The van der Waals surface area contributed by atoms with E-state index in [1.165, 1.54) is 0 Å².